The molecule has 0 saturated carbocycles. The lowest BCUT2D eigenvalue weighted by Gasteiger charge is -2.20. The van der Waals surface area contributed by atoms with Crippen molar-refractivity contribution < 1.29 is 5.11 Å². The number of hydrogen-bond acceptors (Lipinski definition) is 2. The zero-order valence-electron chi connectivity index (χ0n) is 6.75. The van der Waals surface area contributed by atoms with E-state index in [1.165, 1.54) is 0 Å². The standard InChI is InChI=1S/C8H17NO/c1-4-5-7(9)8(10)6(2)3/h4,6-8,10H,1,5,9H2,2-3H3. The van der Waals surface area contributed by atoms with Gasteiger partial charge in [0.05, 0.1) is 6.10 Å². The Morgan fingerprint density at radius 1 is 1.60 bits per heavy atom. The van der Waals surface area contributed by atoms with E-state index < -0.39 is 6.10 Å². The van der Waals surface area contributed by atoms with Gasteiger partial charge < -0.3 is 10.8 Å². The predicted octanol–water partition coefficient (Wildman–Crippen LogP) is 0.907. The molecule has 0 rings (SSSR count). The van der Waals surface area contributed by atoms with Gasteiger partial charge in [0, 0.05) is 6.04 Å². The second-order valence-corrected chi connectivity index (χ2v) is 2.92. The van der Waals surface area contributed by atoms with E-state index in [4.69, 9.17) is 5.73 Å². The van der Waals surface area contributed by atoms with Crippen LogP contribution in [0.5, 0.6) is 0 Å². The van der Waals surface area contributed by atoms with Gasteiger partial charge in [-0.2, -0.15) is 0 Å². The summed E-state index contributed by atoms with van der Waals surface area (Å²) in [5.41, 5.74) is 5.61. The molecule has 0 fully saturated rings. The number of aliphatic hydroxyl groups excluding tert-OH is 1. The highest BCUT2D eigenvalue weighted by molar-refractivity contribution is 4.81. The van der Waals surface area contributed by atoms with Gasteiger partial charge in [-0.1, -0.05) is 19.9 Å². The summed E-state index contributed by atoms with van der Waals surface area (Å²) in [5.74, 6) is 0.231. The first-order valence-electron chi connectivity index (χ1n) is 3.64. The van der Waals surface area contributed by atoms with E-state index >= 15 is 0 Å². The molecule has 10 heavy (non-hydrogen) atoms. The molecule has 2 atom stereocenters. The molecule has 0 radical (unpaired) electrons. The average molecular weight is 143 g/mol. The van der Waals surface area contributed by atoms with Gasteiger partial charge in [-0.25, -0.2) is 0 Å². The summed E-state index contributed by atoms with van der Waals surface area (Å²) in [5, 5.41) is 9.35. The van der Waals surface area contributed by atoms with E-state index in [0.717, 1.165) is 0 Å². The van der Waals surface area contributed by atoms with Crippen LogP contribution >= 0.6 is 0 Å². The molecule has 0 bridgehead atoms. The summed E-state index contributed by atoms with van der Waals surface area (Å²) in [6.07, 6.45) is 2.01. The molecule has 2 unspecified atom stereocenters. The fraction of sp³-hybridized carbons (Fsp3) is 0.750. The highest BCUT2D eigenvalue weighted by Crippen LogP contribution is 2.06. The smallest absolute Gasteiger partial charge is 0.0716 e. The molecule has 3 N–H and O–H groups in total. The number of nitrogens with two attached hydrogens (primary N) is 1. The van der Waals surface area contributed by atoms with Crippen molar-refractivity contribution in [2.24, 2.45) is 11.7 Å². The van der Waals surface area contributed by atoms with Crippen LogP contribution in [-0.2, 0) is 0 Å². The Morgan fingerprint density at radius 3 is 2.40 bits per heavy atom. The predicted molar refractivity (Wildman–Crippen MR) is 43.6 cm³/mol. The van der Waals surface area contributed by atoms with Crippen LogP contribution in [0.2, 0.25) is 0 Å². The SMILES string of the molecule is C=CCC(N)C(O)C(C)C. The minimum Gasteiger partial charge on any atom is -0.391 e. The van der Waals surface area contributed by atoms with E-state index in [1.807, 2.05) is 13.8 Å². The summed E-state index contributed by atoms with van der Waals surface area (Å²) in [6, 6.07) is -0.155. The van der Waals surface area contributed by atoms with Crippen LogP contribution in [0.15, 0.2) is 12.7 Å². The molecule has 2 heteroatoms. The fourth-order valence-corrected chi connectivity index (χ4v) is 0.826. The lowest BCUT2D eigenvalue weighted by Crippen LogP contribution is -2.37. The van der Waals surface area contributed by atoms with Crippen LogP contribution in [0.1, 0.15) is 20.3 Å². The van der Waals surface area contributed by atoms with E-state index in [9.17, 15) is 5.11 Å². The minimum absolute atomic E-state index is 0.155. The Bertz CT molecular complexity index is 101. The number of rotatable bonds is 4. The lowest BCUT2D eigenvalue weighted by molar-refractivity contribution is 0.0987. The van der Waals surface area contributed by atoms with Crippen molar-refractivity contribution in [2.75, 3.05) is 0 Å². The Kier molecular flexibility index (Phi) is 4.32. The first-order chi connectivity index (χ1) is 4.59. The van der Waals surface area contributed by atoms with Gasteiger partial charge in [-0.15, -0.1) is 6.58 Å². The monoisotopic (exact) mass is 143 g/mol. The molecule has 0 spiro atoms. The minimum atomic E-state index is -0.405. The highest BCUT2D eigenvalue weighted by Gasteiger charge is 2.16. The largest absolute Gasteiger partial charge is 0.391 e. The molecule has 2 nitrogen and oxygen atoms in total. The van der Waals surface area contributed by atoms with Gasteiger partial charge in [0.1, 0.15) is 0 Å². The van der Waals surface area contributed by atoms with Crippen molar-refractivity contribution in [2.45, 2.75) is 32.4 Å². The normalized spacial score (nSPS) is 16.9. The summed E-state index contributed by atoms with van der Waals surface area (Å²) in [7, 11) is 0. The topological polar surface area (TPSA) is 46.2 Å². The molecular formula is C8H17NO. The Balaban J connectivity index is 3.68. The zero-order valence-corrected chi connectivity index (χ0v) is 6.75. The van der Waals surface area contributed by atoms with E-state index in [-0.39, 0.29) is 12.0 Å². The van der Waals surface area contributed by atoms with E-state index in [0.29, 0.717) is 6.42 Å². The first-order valence-corrected chi connectivity index (χ1v) is 3.64. The third-order valence-corrected chi connectivity index (χ3v) is 1.56. The summed E-state index contributed by atoms with van der Waals surface area (Å²) in [4.78, 5) is 0. The average Bonchev–Trinajstić information content (AvgIpc) is 1.87. The van der Waals surface area contributed by atoms with Crippen molar-refractivity contribution in [1.29, 1.82) is 0 Å². The Labute approximate surface area is 62.7 Å². The van der Waals surface area contributed by atoms with Gasteiger partial charge >= 0.3 is 0 Å². The van der Waals surface area contributed by atoms with E-state index in [1.54, 1.807) is 6.08 Å². The lowest BCUT2D eigenvalue weighted by atomic mass is 9.98. The van der Waals surface area contributed by atoms with Crippen LogP contribution in [0.4, 0.5) is 0 Å². The van der Waals surface area contributed by atoms with Gasteiger partial charge in [0.15, 0.2) is 0 Å². The van der Waals surface area contributed by atoms with Crippen LogP contribution in [0.25, 0.3) is 0 Å². The first kappa shape index (κ1) is 9.66. The molecular weight excluding hydrogens is 126 g/mol. The summed E-state index contributed by atoms with van der Waals surface area (Å²) >= 11 is 0. The maximum absolute atomic E-state index is 9.35. The van der Waals surface area contributed by atoms with Gasteiger partial charge in [-0.05, 0) is 12.3 Å². The van der Waals surface area contributed by atoms with Crippen molar-refractivity contribution in [3.05, 3.63) is 12.7 Å². The van der Waals surface area contributed by atoms with Crippen LogP contribution in [0.3, 0.4) is 0 Å². The second kappa shape index (κ2) is 4.47. The quantitative estimate of drug-likeness (QED) is 0.574. The molecule has 0 aromatic carbocycles. The van der Waals surface area contributed by atoms with Crippen LogP contribution in [0, 0.1) is 5.92 Å². The molecule has 60 valence electrons. The maximum Gasteiger partial charge on any atom is 0.0716 e. The fourth-order valence-electron chi connectivity index (χ4n) is 0.826. The van der Waals surface area contributed by atoms with Crippen molar-refractivity contribution in [3.8, 4) is 0 Å². The maximum atomic E-state index is 9.35. The molecule has 0 amide bonds. The second-order valence-electron chi connectivity index (χ2n) is 2.92. The highest BCUT2D eigenvalue weighted by atomic mass is 16.3. The summed E-state index contributed by atoms with van der Waals surface area (Å²) < 4.78 is 0. The van der Waals surface area contributed by atoms with Gasteiger partial charge in [-0.3, -0.25) is 0 Å². The van der Waals surface area contributed by atoms with Crippen molar-refractivity contribution in [3.63, 3.8) is 0 Å². The molecule has 0 heterocycles. The third kappa shape index (κ3) is 2.99. The van der Waals surface area contributed by atoms with Gasteiger partial charge in [0.2, 0.25) is 0 Å². The molecule has 0 aliphatic rings. The van der Waals surface area contributed by atoms with Crippen molar-refractivity contribution >= 4 is 0 Å². The van der Waals surface area contributed by atoms with E-state index in [2.05, 4.69) is 6.58 Å². The number of hydrogen-bond donors (Lipinski definition) is 2. The molecule has 0 aromatic heterocycles. The van der Waals surface area contributed by atoms with Crippen LogP contribution in [-0.4, -0.2) is 17.3 Å². The molecule has 0 aliphatic carbocycles. The zero-order chi connectivity index (χ0) is 8.15. The molecule has 0 aromatic rings. The molecule has 0 aliphatic heterocycles. The van der Waals surface area contributed by atoms with Crippen LogP contribution < -0.4 is 5.73 Å². The number of aliphatic hydroxyl groups is 1. The Hall–Kier alpha value is -0.340. The summed E-state index contributed by atoms with van der Waals surface area (Å²) in [6.45, 7) is 7.46. The van der Waals surface area contributed by atoms with Crippen molar-refractivity contribution in [1.82, 2.24) is 0 Å². The molecule has 0 saturated heterocycles. The van der Waals surface area contributed by atoms with Gasteiger partial charge in [0.25, 0.3) is 0 Å². The Morgan fingerprint density at radius 2 is 2.10 bits per heavy atom. The third-order valence-electron chi connectivity index (χ3n) is 1.56.